The standard InChI is InChI=1S/C11H16N4.2ClH/c12-10(13)9-5-4-6-14-11(9)15-7-2-1-3-8-15;;/h4-6H,1-3,7-8H2,(H3,12,13);2*1H. The summed E-state index contributed by atoms with van der Waals surface area (Å²) in [6, 6.07) is 3.68. The Balaban J connectivity index is 0.00000128. The van der Waals surface area contributed by atoms with Crippen molar-refractivity contribution in [2.45, 2.75) is 19.3 Å². The van der Waals surface area contributed by atoms with E-state index in [9.17, 15) is 0 Å². The van der Waals surface area contributed by atoms with Crippen molar-refractivity contribution in [3.05, 3.63) is 23.9 Å². The molecule has 6 heteroatoms. The van der Waals surface area contributed by atoms with E-state index >= 15 is 0 Å². The van der Waals surface area contributed by atoms with Gasteiger partial charge < -0.3 is 10.6 Å². The van der Waals surface area contributed by atoms with Crippen LogP contribution in [0.4, 0.5) is 5.82 Å². The van der Waals surface area contributed by atoms with Gasteiger partial charge in [-0.25, -0.2) is 4.98 Å². The molecular weight excluding hydrogens is 259 g/mol. The second kappa shape index (κ2) is 7.35. The first-order valence-electron chi connectivity index (χ1n) is 5.33. The quantitative estimate of drug-likeness (QED) is 0.643. The van der Waals surface area contributed by atoms with Gasteiger partial charge in [0.15, 0.2) is 0 Å². The van der Waals surface area contributed by atoms with Gasteiger partial charge in [-0.05, 0) is 31.4 Å². The van der Waals surface area contributed by atoms with Gasteiger partial charge in [0.2, 0.25) is 0 Å². The van der Waals surface area contributed by atoms with Crippen molar-refractivity contribution >= 4 is 36.5 Å². The number of nitrogens with zero attached hydrogens (tertiary/aromatic N) is 2. The summed E-state index contributed by atoms with van der Waals surface area (Å²) in [6.07, 6.45) is 5.46. The van der Waals surface area contributed by atoms with Gasteiger partial charge in [-0.2, -0.15) is 0 Å². The Labute approximate surface area is 114 Å². The van der Waals surface area contributed by atoms with Crippen LogP contribution in [0.5, 0.6) is 0 Å². The number of nitrogens with two attached hydrogens (primary N) is 1. The van der Waals surface area contributed by atoms with Gasteiger partial charge in [0.05, 0.1) is 5.56 Å². The van der Waals surface area contributed by atoms with Crippen molar-refractivity contribution in [1.82, 2.24) is 4.98 Å². The Kier molecular flexibility index (Phi) is 6.92. The van der Waals surface area contributed by atoms with Crippen molar-refractivity contribution < 1.29 is 0 Å². The van der Waals surface area contributed by atoms with E-state index < -0.39 is 0 Å². The maximum absolute atomic E-state index is 7.51. The highest BCUT2D eigenvalue weighted by atomic mass is 35.5. The van der Waals surface area contributed by atoms with Crippen LogP contribution in [0.25, 0.3) is 0 Å². The van der Waals surface area contributed by atoms with Crippen molar-refractivity contribution in [1.29, 1.82) is 5.41 Å². The predicted molar refractivity (Wildman–Crippen MR) is 75.8 cm³/mol. The summed E-state index contributed by atoms with van der Waals surface area (Å²) in [4.78, 5) is 6.55. The van der Waals surface area contributed by atoms with Crippen LogP contribution in [0.1, 0.15) is 24.8 Å². The molecule has 1 aliphatic heterocycles. The molecule has 1 aromatic rings. The van der Waals surface area contributed by atoms with E-state index in [0.29, 0.717) is 0 Å². The number of nitrogens with one attached hydrogen (secondary N) is 1. The topological polar surface area (TPSA) is 66.0 Å². The second-order valence-electron chi connectivity index (χ2n) is 3.84. The number of rotatable bonds is 2. The van der Waals surface area contributed by atoms with Crippen LogP contribution in [0.3, 0.4) is 0 Å². The minimum Gasteiger partial charge on any atom is -0.384 e. The first-order valence-corrected chi connectivity index (χ1v) is 5.33. The Morgan fingerprint density at radius 3 is 2.47 bits per heavy atom. The van der Waals surface area contributed by atoms with Crippen molar-refractivity contribution in [3.63, 3.8) is 0 Å². The molecule has 0 bridgehead atoms. The summed E-state index contributed by atoms with van der Waals surface area (Å²) in [5.74, 6) is 0.966. The van der Waals surface area contributed by atoms with Crippen LogP contribution in [0, 0.1) is 5.41 Å². The number of hydrogen-bond acceptors (Lipinski definition) is 3. The van der Waals surface area contributed by atoms with E-state index in [1.165, 1.54) is 19.3 Å². The van der Waals surface area contributed by atoms with E-state index in [0.717, 1.165) is 24.5 Å². The normalized spacial score (nSPS) is 14.5. The molecule has 2 heterocycles. The molecular formula is C11H18Cl2N4. The molecule has 0 atom stereocenters. The van der Waals surface area contributed by atoms with Gasteiger partial charge in [0.25, 0.3) is 0 Å². The lowest BCUT2D eigenvalue weighted by atomic mass is 10.1. The van der Waals surface area contributed by atoms with E-state index in [1.807, 2.05) is 12.1 Å². The zero-order valence-corrected chi connectivity index (χ0v) is 11.2. The zero-order chi connectivity index (χ0) is 10.7. The number of pyridine rings is 1. The minimum absolute atomic E-state index is 0. The van der Waals surface area contributed by atoms with E-state index in [4.69, 9.17) is 11.1 Å². The van der Waals surface area contributed by atoms with E-state index in [2.05, 4.69) is 9.88 Å². The SMILES string of the molecule is Cl.Cl.N=C(N)c1cccnc1N1CCCCC1. The van der Waals surface area contributed by atoms with Crippen LogP contribution in [-0.2, 0) is 0 Å². The molecule has 96 valence electrons. The molecule has 1 aromatic heterocycles. The molecule has 0 aromatic carbocycles. The first-order chi connectivity index (χ1) is 7.29. The van der Waals surface area contributed by atoms with Crippen LogP contribution in [0.15, 0.2) is 18.3 Å². The number of aromatic nitrogens is 1. The summed E-state index contributed by atoms with van der Waals surface area (Å²) in [5.41, 5.74) is 6.29. The summed E-state index contributed by atoms with van der Waals surface area (Å²) >= 11 is 0. The lowest BCUT2D eigenvalue weighted by Crippen LogP contribution is -2.32. The molecule has 1 fully saturated rings. The van der Waals surface area contributed by atoms with Crippen molar-refractivity contribution in [2.24, 2.45) is 5.73 Å². The molecule has 1 saturated heterocycles. The van der Waals surface area contributed by atoms with Gasteiger partial charge in [-0.15, -0.1) is 24.8 Å². The molecule has 1 aliphatic rings. The fraction of sp³-hybridized carbons (Fsp3) is 0.455. The summed E-state index contributed by atoms with van der Waals surface area (Å²) in [5, 5.41) is 7.51. The smallest absolute Gasteiger partial charge is 0.139 e. The lowest BCUT2D eigenvalue weighted by Gasteiger charge is -2.29. The molecule has 0 saturated carbocycles. The second-order valence-corrected chi connectivity index (χ2v) is 3.84. The van der Waals surface area contributed by atoms with Gasteiger partial charge >= 0.3 is 0 Å². The van der Waals surface area contributed by atoms with Gasteiger partial charge in [-0.3, -0.25) is 5.41 Å². The Morgan fingerprint density at radius 2 is 1.88 bits per heavy atom. The van der Waals surface area contributed by atoms with Crippen molar-refractivity contribution in [3.8, 4) is 0 Å². The zero-order valence-electron chi connectivity index (χ0n) is 9.56. The number of anilines is 1. The maximum atomic E-state index is 7.51. The Morgan fingerprint density at radius 1 is 1.24 bits per heavy atom. The maximum Gasteiger partial charge on any atom is 0.139 e. The third-order valence-electron chi connectivity index (χ3n) is 2.73. The average molecular weight is 277 g/mol. The van der Waals surface area contributed by atoms with Gasteiger partial charge in [0, 0.05) is 19.3 Å². The minimum atomic E-state index is 0. The number of amidine groups is 1. The molecule has 4 nitrogen and oxygen atoms in total. The molecule has 2 rings (SSSR count). The molecule has 0 radical (unpaired) electrons. The summed E-state index contributed by atoms with van der Waals surface area (Å²) in [7, 11) is 0. The molecule has 3 N–H and O–H groups in total. The Bertz CT molecular complexity index is 364. The number of halogens is 2. The van der Waals surface area contributed by atoms with Gasteiger partial charge in [-0.1, -0.05) is 0 Å². The monoisotopic (exact) mass is 276 g/mol. The highest BCUT2D eigenvalue weighted by molar-refractivity contribution is 5.99. The predicted octanol–water partition coefficient (Wildman–Crippen LogP) is 2.20. The largest absolute Gasteiger partial charge is 0.384 e. The number of piperidine rings is 1. The molecule has 17 heavy (non-hydrogen) atoms. The highest BCUT2D eigenvalue weighted by Crippen LogP contribution is 2.20. The van der Waals surface area contributed by atoms with E-state index in [1.54, 1.807) is 6.20 Å². The van der Waals surface area contributed by atoms with Crippen LogP contribution in [0.2, 0.25) is 0 Å². The summed E-state index contributed by atoms with van der Waals surface area (Å²) < 4.78 is 0. The van der Waals surface area contributed by atoms with Crippen LogP contribution >= 0.6 is 24.8 Å². The highest BCUT2D eigenvalue weighted by Gasteiger charge is 2.16. The molecule has 0 unspecified atom stereocenters. The molecule has 0 aliphatic carbocycles. The fourth-order valence-corrected chi connectivity index (χ4v) is 1.96. The average Bonchev–Trinajstić information content (AvgIpc) is 2.30. The third kappa shape index (κ3) is 3.75. The molecule has 0 spiro atoms. The van der Waals surface area contributed by atoms with Crippen molar-refractivity contribution in [2.75, 3.05) is 18.0 Å². The number of nitrogen functional groups attached to an aromatic ring is 1. The third-order valence-corrected chi connectivity index (χ3v) is 2.73. The first kappa shape index (κ1) is 16.0. The van der Waals surface area contributed by atoms with E-state index in [-0.39, 0.29) is 30.6 Å². The van der Waals surface area contributed by atoms with Crippen LogP contribution < -0.4 is 10.6 Å². The fourth-order valence-electron chi connectivity index (χ4n) is 1.96. The summed E-state index contributed by atoms with van der Waals surface area (Å²) in [6.45, 7) is 2.05. The molecule has 0 amide bonds. The van der Waals surface area contributed by atoms with Gasteiger partial charge in [0.1, 0.15) is 11.7 Å². The van der Waals surface area contributed by atoms with Crippen LogP contribution in [-0.4, -0.2) is 23.9 Å². The number of hydrogen-bond donors (Lipinski definition) is 2. The lowest BCUT2D eigenvalue weighted by molar-refractivity contribution is 0.573. The Hall–Kier alpha value is -1.00.